The Morgan fingerprint density at radius 1 is 1.09 bits per heavy atom. The predicted octanol–water partition coefficient (Wildman–Crippen LogP) is 5.70. The number of amides is 1. The molecule has 0 aliphatic carbocycles. The SMILES string of the molecule is COCC(=O)Nc1cc(Oc2ccc3c(c2)nc(Nc2ccc(SC(F)(F)F)cc2)n3C)ccn1. The average molecular weight is 504 g/mol. The van der Waals surface area contributed by atoms with E-state index in [1.165, 1.54) is 25.4 Å². The first-order valence-electron chi connectivity index (χ1n) is 10.2. The lowest BCUT2D eigenvalue weighted by molar-refractivity contribution is -0.119. The highest BCUT2D eigenvalue weighted by Gasteiger charge is 2.29. The molecule has 0 saturated heterocycles. The second kappa shape index (κ2) is 10.2. The van der Waals surface area contributed by atoms with E-state index in [-0.39, 0.29) is 29.2 Å². The van der Waals surface area contributed by atoms with Gasteiger partial charge in [0.05, 0.1) is 11.0 Å². The monoisotopic (exact) mass is 503 g/mol. The lowest BCUT2D eigenvalue weighted by Crippen LogP contribution is -2.17. The van der Waals surface area contributed by atoms with Gasteiger partial charge in [0.2, 0.25) is 5.95 Å². The minimum absolute atomic E-state index is 0.0872. The Kier molecular flexibility index (Phi) is 7.12. The van der Waals surface area contributed by atoms with Crippen molar-refractivity contribution in [2.75, 3.05) is 24.4 Å². The number of pyridine rings is 1. The maximum absolute atomic E-state index is 12.5. The molecule has 2 heterocycles. The van der Waals surface area contributed by atoms with Crippen LogP contribution >= 0.6 is 11.8 Å². The zero-order chi connectivity index (χ0) is 25.0. The van der Waals surface area contributed by atoms with E-state index in [1.54, 1.807) is 36.4 Å². The number of carbonyl (C=O) groups is 1. The van der Waals surface area contributed by atoms with Crippen LogP contribution in [-0.2, 0) is 16.6 Å². The van der Waals surface area contributed by atoms with Gasteiger partial charge in [-0.25, -0.2) is 9.97 Å². The van der Waals surface area contributed by atoms with Gasteiger partial charge < -0.3 is 24.7 Å². The number of methoxy groups -OCH3 is 1. The highest BCUT2D eigenvalue weighted by atomic mass is 32.2. The highest BCUT2D eigenvalue weighted by molar-refractivity contribution is 8.00. The van der Waals surface area contributed by atoms with Crippen LogP contribution in [0.1, 0.15) is 0 Å². The Balaban J connectivity index is 1.48. The first-order valence-corrected chi connectivity index (χ1v) is 11.0. The number of aromatic nitrogens is 3. The second-order valence-electron chi connectivity index (χ2n) is 7.30. The van der Waals surface area contributed by atoms with Gasteiger partial charge in [0, 0.05) is 43.1 Å². The van der Waals surface area contributed by atoms with Crippen LogP contribution in [0.2, 0.25) is 0 Å². The topological polar surface area (TPSA) is 90.3 Å². The van der Waals surface area contributed by atoms with Crippen molar-refractivity contribution in [2.24, 2.45) is 7.05 Å². The minimum Gasteiger partial charge on any atom is -0.457 e. The van der Waals surface area contributed by atoms with Crippen LogP contribution < -0.4 is 15.4 Å². The number of thioether (sulfide) groups is 1. The number of hydrogen-bond acceptors (Lipinski definition) is 7. The van der Waals surface area contributed by atoms with Crippen molar-refractivity contribution < 1.29 is 27.4 Å². The lowest BCUT2D eigenvalue weighted by Gasteiger charge is -2.09. The van der Waals surface area contributed by atoms with Gasteiger partial charge in [-0.05, 0) is 54.2 Å². The Morgan fingerprint density at radius 3 is 2.54 bits per heavy atom. The molecule has 0 fully saturated rings. The molecule has 12 heteroatoms. The number of imidazole rings is 1. The second-order valence-corrected chi connectivity index (χ2v) is 8.44. The fraction of sp³-hybridized carbons (Fsp3) is 0.174. The normalized spacial score (nSPS) is 11.5. The summed E-state index contributed by atoms with van der Waals surface area (Å²) in [5, 5.41) is 5.73. The molecule has 1 amide bonds. The number of aryl methyl sites for hydroxylation is 1. The summed E-state index contributed by atoms with van der Waals surface area (Å²) in [6.45, 7) is -0.0872. The first-order chi connectivity index (χ1) is 16.7. The number of nitrogens with zero attached hydrogens (tertiary/aromatic N) is 3. The number of ether oxygens (including phenoxy) is 2. The highest BCUT2D eigenvalue weighted by Crippen LogP contribution is 2.37. The number of fused-ring (bicyclic) bond motifs is 1. The lowest BCUT2D eigenvalue weighted by atomic mass is 10.3. The van der Waals surface area contributed by atoms with E-state index in [0.717, 1.165) is 5.52 Å². The van der Waals surface area contributed by atoms with E-state index in [1.807, 2.05) is 17.7 Å². The van der Waals surface area contributed by atoms with Crippen LogP contribution in [-0.4, -0.2) is 39.7 Å². The van der Waals surface area contributed by atoms with E-state index in [4.69, 9.17) is 9.47 Å². The summed E-state index contributed by atoms with van der Waals surface area (Å²) in [7, 11) is 3.25. The third kappa shape index (κ3) is 6.43. The Labute approximate surface area is 202 Å². The smallest absolute Gasteiger partial charge is 0.446 e. The molecule has 4 aromatic rings. The van der Waals surface area contributed by atoms with E-state index >= 15 is 0 Å². The molecule has 0 spiro atoms. The number of carbonyl (C=O) groups excluding carboxylic acids is 1. The van der Waals surface area contributed by atoms with Gasteiger partial charge in [-0.1, -0.05) is 0 Å². The molecule has 182 valence electrons. The van der Waals surface area contributed by atoms with Crippen molar-refractivity contribution in [1.82, 2.24) is 14.5 Å². The fourth-order valence-electron chi connectivity index (χ4n) is 3.21. The zero-order valence-corrected chi connectivity index (χ0v) is 19.4. The molecule has 0 aliphatic rings. The van der Waals surface area contributed by atoms with Crippen LogP contribution in [0.15, 0.2) is 65.7 Å². The van der Waals surface area contributed by atoms with Crippen molar-refractivity contribution in [3.8, 4) is 11.5 Å². The Hall–Kier alpha value is -3.77. The first kappa shape index (κ1) is 24.4. The summed E-state index contributed by atoms with van der Waals surface area (Å²) < 4.78 is 50.1. The van der Waals surface area contributed by atoms with Gasteiger partial charge in [0.15, 0.2) is 0 Å². The van der Waals surface area contributed by atoms with Gasteiger partial charge in [-0.15, -0.1) is 0 Å². The summed E-state index contributed by atoms with van der Waals surface area (Å²) >= 11 is -0.162. The number of benzene rings is 2. The molecule has 2 aromatic heterocycles. The molecular weight excluding hydrogens is 483 g/mol. The zero-order valence-electron chi connectivity index (χ0n) is 18.6. The van der Waals surface area contributed by atoms with Crippen LogP contribution in [0.25, 0.3) is 11.0 Å². The van der Waals surface area contributed by atoms with Gasteiger partial charge in [-0.2, -0.15) is 13.2 Å². The summed E-state index contributed by atoms with van der Waals surface area (Å²) in [6.07, 6.45) is 1.51. The van der Waals surface area contributed by atoms with Crippen molar-refractivity contribution in [2.45, 2.75) is 10.4 Å². The fourth-order valence-corrected chi connectivity index (χ4v) is 3.75. The van der Waals surface area contributed by atoms with E-state index in [0.29, 0.717) is 34.5 Å². The van der Waals surface area contributed by atoms with Crippen molar-refractivity contribution in [1.29, 1.82) is 0 Å². The number of alkyl halides is 3. The molecule has 8 nitrogen and oxygen atoms in total. The molecule has 0 unspecified atom stereocenters. The Bertz CT molecular complexity index is 1340. The van der Waals surface area contributed by atoms with Crippen LogP contribution in [0.4, 0.5) is 30.6 Å². The van der Waals surface area contributed by atoms with Crippen LogP contribution in [0.5, 0.6) is 11.5 Å². The van der Waals surface area contributed by atoms with Gasteiger partial charge in [-0.3, -0.25) is 4.79 Å². The largest absolute Gasteiger partial charge is 0.457 e. The molecule has 35 heavy (non-hydrogen) atoms. The number of anilines is 3. The van der Waals surface area contributed by atoms with Crippen molar-refractivity contribution in [3.63, 3.8) is 0 Å². The number of rotatable bonds is 8. The molecule has 2 aromatic carbocycles. The molecular formula is C23H20F3N5O3S. The van der Waals surface area contributed by atoms with E-state index in [9.17, 15) is 18.0 Å². The molecule has 0 aliphatic heterocycles. The summed E-state index contributed by atoms with van der Waals surface area (Å²) in [6, 6.07) is 14.5. The van der Waals surface area contributed by atoms with Gasteiger partial charge in [0.1, 0.15) is 23.9 Å². The van der Waals surface area contributed by atoms with Gasteiger partial charge in [0.25, 0.3) is 5.91 Å². The van der Waals surface area contributed by atoms with Crippen molar-refractivity contribution in [3.05, 3.63) is 60.8 Å². The van der Waals surface area contributed by atoms with E-state index < -0.39 is 5.51 Å². The van der Waals surface area contributed by atoms with Crippen LogP contribution in [0.3, 0.4) is 0 Å². The van der Waals surface area contributed by atoms with Gasteiger partial charge >= 0.3 is 5.51 Å². The number of halogens is 3. The summed E-state index contributed by atoms with van der Waals surface area (Å²) in [5.41, 5.74) is -2.25. The number of hydrogen-bond donors (Lipinski definition) is 2. The third-order valence-electron chi connectivity index (χ3n) is 4.71. The molecule has 2 N–H and O–H groups in total. The standard InChI is InChI=1S/C23H20F3N5O3S/c1-31-19-8-5-15(34-16-9-10-27-20(12-16)30-21(32)13-33-2)11-18(19)29-22(31)28-14-3-6-17(7-4-14)35-23(24,25)26/h3-12H,13H2,1-2H3,(H,28,29)(H,27,30,32). The molecule has 0 bridgehead atoms. The summed E-state index contributed by atoms with van der Waals surface area (Å²) in [5.74, 6) is 1.50. The molecule has 0 radical (unpaired) electrons. The maximum atomic E-state index is 12.5. The van der Waals surface area contributed by atoms with E-state index in [2.05, 4.69) is 20.6 Å². The molecule has 0 saturated carbocycles. The average Bonchev–Trinajstić information content (AvgIpc) is 3.09. The quantitative estimate of drug-likeness (QED) is 0.298. The molecule has 4 rings (SSSR count). The number of nitrogens with one attached hydrogen (secondary N) is 2. The Morgan fingerprint density at radius 2 is 1.83 bits per heavy atom. The summed E-state index contributed by atoms with van der Waals surface area (Å²) in [4.78, 5) is 20.4. The predicted molar refractivity (Wildman–Crippen MR) is 127 cm³/mol. The molecule has 0 atom stereocenters. The van der Waals surface area contributed by atoms with Crippen molar-refractivity contribution >= 4 is 46.2 Å². The minimum atomic E-state index is -4.33. The third-order valence-corrected chi connectivity index (χ3v) is 5.45. The van der Waals surface area contributed by atoms with Crippen LogP contribution in [0, 0.1) is 0 Å². The maximum Gasteiger partial charge on any atom is 0.446 e.